The summed E-state index contributed by atoms with van der Waals surface area (Å²) in [6.45, 7) is 3.60. The van der Waals surface area contributed by atoms with Gasteiger partial charge in [0.2, 0.25) is 0 Å². The average Bonchev–Trinajstić information content (AvgIpc) is 2.16. The largest absolute Gasteiger partial charge is 0.367 e. The molecule has 0 saturated carbocycles. The van der Waals surface area contributed by atoms with Gasteiger partial charge in [-0.15, -0.1) is 11.8 Å². The third-order valence-electron chi connectivity index (χ3n) is 1.82. The minimum absolute atomic E-state index is 0.244. The second-order valence-electron chi connectivity index (χ2n) is 2.63. The van der Waals surface area contributed by atoms with Crippen LogP contribution in [-0.2, 0) is 0 Å². The molecular formula is C7H11ClN2O2S. The number of rotatable bonds is 2. The SMILES string of the molecule is CCN1CCCSC1=C(Cl)[N+](=O)[O-]. The molecule has 6 heteroatoms. The second kappa shape index (κ2) is 4.72. The number of nitro groups is 1. The van der Waals surface area contributed by atoms with Crippen molar-refractivity contribution in [1.82, 2.24) is 4.90 Å². The van der Waals surface area contributed by atoms with E-state index in [2.05, 4.69) is 0 Å². The summed E-state index contributed by atoms with van der Waals surface area (Å²) in [6, 6.07) is 0. The highest BCUT2D eigenvalue weighted by molar-refractivity contribution is 8.03. The van der Waals surface area contributed by atoms with Crippen LogP contribution < -0.4 is 0 Å². The zero-order chi connectivity index (χ0) is 9.84. The van der Waals surface area contributed by atoms with Crippen LogP contribution in [0.1, 0.15) is 13.3 Å². The van der Waals surface area contributed by atoms with E-state index in [0.717, 1.165) is 25.3 Å². The number of halogens is 1. The first kappa shape index (κ1) is 10.7. The Morgan fingerprint density at radius 2 is 2.54 bits per heavy atom. The lowest BCUT2D eigenvalue weighted by atomic mass is 10.4. The molecule has 1 saturated heterocycles. The van der Waals surface area contributed by atoms with Gasteiger partial charge in [0.1, 0.15) is 0 Å². The molecule has 1 rings (SSSR count). The molecule has 0 radical (unpaired) electrons. The van der Waals surface area contributed by atoms with Gasteiger partial charge in [-0.2, -0.15) is 0 Å². The first-order valence-electron chi connectivity index (χ1n) is 4.08. The lowest BCUT2D eigenvalue weighted by Crippen LogP contribution is -2.28. The highest BCUT2D eigenvalue weighted by atomic mass is 35.5. The van der Waals surface area contributed by atoms with E-state index >= 15 is 0 Å². The van der Waals surface area contributed by atoms with Crippen LogP contribution in [0.15, 0.2) is 10.2 Å². The Morgan fingerprint density at radius 3 is 3.08 bits per heavy atom. The molecule has 1 fully saturated rings. The Bertz CT molecular complexity index is 245. The van der Waals surface area contributed by atoms with Gasteiger partial charge in [0.05, 0.1) is 4.92 Å². The maximum absolute atomic E-state index is 10.4. The molecule has 4 nitrogen and oxygen atoms in total. The maximum atomic E-state index is 10.4. The first-order valence-corrected chi connectivity index (χ1v) is 5.45. The van der Waals surface area contributed by atoms with Crippen molar-refractivity contribution >= 4 is 23.4 Å². The number of hydrogen-bond acceptors (Lipinski definition) is 4. The van der Waals surface area contributed by atoms with E-state index < -0.39 is 4.92 Å². The van der Waals surface area contributed by atoms with Gasteiger partial charge in [-0.05, 0) is 24.9 Å². The topological polar surface area (TPSA) is 46.4 Å². The summed E-state index contributed by atoms with van der Waals surface area (Å²) in [7, 11) is 0. The Balaban J connectivity index is 2.85. The van der Waals surface area contributed by atoms with E-state index in [-0.39, 0.29) is 5.16 Å². The van der Waals surface area contributed by atoms with E-state index in [4.69, 9.17) is 11.6 Å². The Hall–Kier alpha value is -0.420. The zero-order valence-electron chi connectivity index (χ0n) is 7.33. The highest BCUT2D eigenvalue weighted by Crippen LogP contribution is 2.30. The minimum atomic E-state index is -0.530. The van der Waals surface area contributed by atoms with Crippen LogP contribution >= 0.6 is 23.4 Å². The molecular weight excluding hydrogens is 212 g/mol. The molecule has 0 N–H and O–H groups in total. The van der Waals surface area contributed by atoms with Gasteiger partial charge in [-0.1, -0.05) is 0 Å². The molecule has 0 unspecified atom stereocenters. The number of thioether (sulfide) groups is 1. The molecule has 0 aliphatic carbocycles. The summed E-state index contributed by atoms with van der Waals surface area (Å²) in [5.74, 6) is 0.913. The summed E-state index contributed by atoms with van der Waals surface area (Å²) in [5, 5.41) is 10.8. The molecule has 13 heavy (non-hydrogen) atoms. The van der Waals surface area contributed by atoms with Gasteiger partial charge in [-0.3, -0.25) is 10.1 Å². The van der Waals surface area contributed by atoms with Gasteiger partial charge >= 0.3 is 5.16 Å². The van der Waals surface area contributed by atoms with Crippen LogP contribution in [0.25, 0.3) is 0 Å². The van der Waals surface area contributed by atoms with Crippen LogP contribution in [0, 0.1) is 10.1 Å². The van der Waals surface area contributed by atoms with Gasteiger partial charge in [0, 0.05) is 18.8 Å². The molecule has 0 aromatic heterocycles. The van der Waals surface area contributed by atoms with Crippen molar-refractivity contribution in [3.05, 3.63) is 20.3 Å². The number of nitrogens with zero attached hydrogens (tertiary/aromatic N) is 2. The predicted molar refractivity (Wildman–Crippen MR) is 54.2 cm³/mol. The second-order valence-corrected chi connectivity index (χ2v) is 4.08. The molecule has 74 valence electrons. The zero-order valence-corrected chi connectivity index (χ0v) is 8.90. The van der Waals surface area contributed by atoms with Crippen molar-refractivity contribution in [2.75, 3.05) is 18.8 Å². The first-order chi connectivity index (χ1) is 6.16. The van der Waals surface area contributed by atoms with Crippen LogP contribution in [0.3, 0.4) is 0 Å². The molecule has 0 bridgehead atoms. The molecule has 0 spiro atoms. The minimum Gasteiger partial charge on any atom is -0.360 e. The lowest BCUT2D eigenvalue weighted by molar-refractivity contribution is -0.413. The molecule has 0 aromatic carbocycles. The fraction of sp³-hybridized carbons (Fsp3) is 0.714. The van der Waals surface area contributed by atoms with Crippen molar-refractivity contribution in [1.29, 1.82) is 0 Å². The molecule has 0 atom stereocenters. The van der Waals surface area contributed by atoms with Crippen molar-refractivity contribution in [2.45, 2.75) is 13.3 Å². The highest BCUT2D eigenvalue weighted by Gasteiger charge is 2.24. The lowest BCUT2D eigenvalue weighted by Gasteiger charge is -2.28. The van der Waals surface area contributed by atoms with Crippen molar-refractivity contribution in [2.24, 2.45) is 0 Å². The van der Waals surface area contributed by atoms with Crippen LogP contribution in [0.2, 0.25) is 0 Å². The molecule has 0 amide bonds. The molecule has 0 aromatic rings. The van der Waals surface area contributed by atoms with Crippen molar-refractivity contribution < 1.29 is 4.92 Å². The van der Waals surface area contributed by atoms with E-state index in [1.54, 1.807) is 0 Å². The third-order valence-corrected chi connectivity index (χ3v) is 3.46. The Morgan fingerprint density at radius 1 is 1.85 bits per heavy atom. The predicted octanol–water partition coefficient (Wildman–Crippen LogP) is 2.09. The van der Waals surface area contributed by atoms with Gasteiger partial charge in [0.25, 0.3) is 0 Å². The van der Waals surface area contributed by atoms with E-state index in [1.807, 2.05) is 11.8 Å². The van der Waals surface area contributed by atoms with Gasteiger partial charge < -0.3 is 4.90 Å². The Labute approximate surface area is 86.1 Å². The summed E-state index contributed by atoms with van der Waals surface area (Å²) in [4.78, 5) is 11.8. The van der Waals surface area contributed by atoms with Crippen molar-refractivity contribution in [3.8, 4) is 0 Å². The Kier molecular flexibility index (Phi) is 3.87. The van der Waals surface area contributed by atoms with E-state index in [9.17, 15) is 10.1 Å². The van der Waals surface area contributed by atoms with Gasteiger partial charge in [0.15, 0.2) is 5.03 Å². The normalized spacial score (nSPS) is 21.5. The maximum Gasteiger partial charge on any atom is 0.367 e. The molecule has 1 aliphatic rings. The van der Waals surface area contributed by atoms with Gasteiger partial charge in [-0.25, -0.2) is 0 Å². The standard InChI is InChI=1S/C7H11ClN2O2S/c1-2-9-4-3-5-13-7(9)6(8)10(11)12/h2-5H2,1H3. The summed E-state index contributed by atoms with van der Waals surface area (Å²) in [6.07, 6.45) is 1.06. The van der Waals surface area contributed by atoms with Crippen LogP contribution in [-0.4, -0.2) is 28.7 Å². The van der Waals surface area contributed by atoms with Crippen LogP contribution in [0.5, 0.6) is 0 Å². The van der Waals surface area contributed by atoms with Crippen LogP contribution in [0.4, 0.5) is 0 Å². The average molecular weight is 223 g/mol. The smallest absolute Gasteiger partial charge is 0.360 e. The number of hydrogen-bond donors (Lipinski definition) is 0. The van der Waals surface area contributed by atoms with E-state index in [0.29, 0.717) is 5.03 Å². The summed E-state index contributed by atoms with van der Waals surface area (Å²) in [5.41, 5.74) is 0. The fourth-order valence-electron chi connectivity index (χ4n) is 1.19. The summed E-state index contributed by atoms with van der Waals surface area (Å²) < 4.78 is 0. The van der Waals surface area contributed by atoms with Crippen molar-refractivity contribution in [3.63, 3.8) is 0 Å². The quantitative estimate of drug-likeness (QED) is 0.408. The monoisotopic (exact) mass is 222 g/mol. The summed E-state index contributed by atoms with van der Waals surface area (Å²) >= 11 is 7.05. The third kappa shape index (κ3) is 2.51. The van der Waals surface area contributed by atoms with E-state index in [1.165, 1.54) is 11.8 Å². The fourth-order valence-corrected chi connectivity index (χ4v) is 2.53. The molecule has 1 heterocycles. The molecule has 1 aliphatic heterocycles.